The third-order valence-corrected chi connectivity index (χ3v) is 4.13. The normalized spacial score (nSPS) is 11.7. The third-order valence-electron chi connectivity index (χ3n) is 3.30. The van der Waals surface area contributed by atoms with Crippen LogP contribution in [0.3, 0.4) is 0 Å². The maximum atomic E-state index is 13.9. The maximum Gasteiger partial charge on any atom is 0.416 e. The summed E-state index contributed by atoms with van der Waals surface area (Å²) in [5.74, 6) is -1.94. The van der Waals surface area contributed by atoms with Gasteiger partial charge in [0, 0.05) is 17.1 Å². The van der Waals surface area contributed by atoms with Crippen molar-refractivity contribution in [3.05, 3.63) is 57.9 Å². The first kappa shape index (κ1) is 17.1. The summed E-state index contributed by atoms with van der Waals surface area (Å²) in [5, 5.41) is 14.6. The molecule has 5 nitrogen and oxygen atoms in total. The molecule has 0 amide bonds. The van der Waals surface area contributed by atoms with Crippen LogP contribution in [-0.4, -0.2) is 25.8 Å². The molecule has 0 bridgehead atoms. The predicted octanol–water partition coefficient (Wildman–Crippen LogP) is 3.91. The van der Waals surface area contributed by atoms with Gasteiger partial charge in [-0.15, -0.1) is 11.3 Å². The van der Waals surface area contributed by atoms with Crippen molar-refractivity contribution in [2.24, 2.45) is 0 Å². The second kappa shape index (κ2) is 6.28. The first-order valence-electron chi connectivity index (χ1n) is 6.81. The molecular formula is C15H9F4N3O2S. The fourth-order valence-corrected chi connectivity index (χ4v) is 2.89. The highest BCUT2D eigenvalue weighted by molar-refractivity contribution is 7.09. The molecule has 3 aromatic rings. The molecule has 0 spiro atoms. The van der Waals surface area contributed by atoms with Gasteiger partial charge in [0.15, 0.2) is 0 Å². The molecule has 130 valence electrons. The molecule has 0 aliphatic heterocycles. The fraction of sp³-hybridized carbons (Fsp3) is 0.133. The molecule has 0 aliphatic carbocycles. The molecule has 3 rings (SSSR count). The molecule has 0 unspecified atom stereocenters. The van der Waals surface area contributed by atoms with E-state index in [1.165, 1.54) is 22.5 Å². The number of nitrogens with zero attached hydrogens (tertiary/aromatic N) is 3. The largest absolute Gasteiger partial charge is 0.478 e. The Morgan fingerprint density at radius 3 is 2.72 bits per heavy atom. The minimum absolute atomic E-state index is 0.000650. The molecule has 2 aromatic heterocycles. The van der Waals surface area contributed by atoms with Gasteiger partial charge in [0.2, 0.25) is 0 Å². The van der Waals surface area contributed by atoms with Crippen LogP contribution in [0.15, 0.2) is 36.0 Å². The average molecular weight is 371 g/mol. The molecule has 25 heavy (non-hydrogen) atoms. The zero-order chi connectivity index (χ0) is 18.2. The summed E-state index contributed by atoms with van der Waals surface area (Å²) >= 11 is 1.11. The molecular weight excluding hydrogens is 362 g/mol. The Hall–Kier alpha value is -2.75. The number of thiazole rings is 1. The molecule has 0 atom stereocenters. The van der Waals surface area contributed by atoms with Gasteiger partial charge in [-0.25, -0.2) is 14.2 Å². The van der Waals surface area contributed by atoms with E-state index in [1.807, 2.05) is 0 Å². The van der Waals surface area contributed by atoms with Crippen LogP contribution in [-0.2, 0) is 12.7 Å². The number of halogens is 4. The first-order valence-corrected chi connectivity index (χ1v) is 7.69. The van der Waals surface area contributed by atoms with Crippen molar-refractivity contribution >= 4 is 17.3 Å². The van der Waals surface area contributed by atoms with Gasteiger partial charge >= 0.3 is 12.1 Å². The van der Waals surface area contributed by atoms with Gasteiger partial charge in [-0.3, -0.25) is 4.68 Å². The molecule has 0 saturated heterocycles. The minimum Gasteiger partial charge on any atom is -0.478 e. The average Bonchev–Trinajstić information content (AvgIpc) is 3.16. The number of hydrogen-bond acceptors (Lipinski definition) is 4. The lowest BCUT2D eigenvalue weighted by molar-refractivity contribution is -0.137. The van der Waals surface area contributed by atoms with Gasteiger partial charge < -0.3 is 5.11 Å². The summed E-state index contributed by atoms with van der Waals surface area (Å²) in [6.07, 6.45) is -2.11. The van der Waals surface area contributed by atoms with E-state index in [4.69, 9.17) is 5.11 Å². The Morgan fingerprint density at radius 1 is 1.32 bits per heavy atom. The summed E-state index contributed by atoms with van der Waals surface area (Å²) in [6.45, 7) is 0.124. The standard InChI is InChI=1S/C15H9F4N3O2S/c16-11-2-1-9(15(17,18)19)3-10(11)12-7-25-13(21-12)6-22-5-8(4-20-22)14(23)24/h1-5,7H,6H2,(H,23,24). The van der Waals surface area contributed by atoms with Crippen molar-refractivity contribution in [1.82, 2.24) is 14.8 Å². The van der Waals surface area contributed by atoms with Gasteiger partial charge in [-0.1, -0.05) is 0 Å². The van der Waals surface area contributed by atoms with Crippen molar-refractivity contribution in [3.63, 3.8) is 0 Å². The Kier molecular flexibility index (Phi) is 4.29. The summed E-state index contributed by atoms with van der Waals surface area (Å²) < 4.78 is 53.5. The summed E-state index contributed by atoms with van der Waals surface area (Å²) in [5.41, 5.74) is -1.13. The van der Waals surface area contributed by atoms with Gasteiger partial charge in [-0.05, 0) is 18.2 Å². The predicted molar refractivity (Wildman–Crippen MR) is 80.8 cm³/mol. The number of carboxylic acids is 1. The first-order chi connectivity index (χ1) is 11.7. The van der Waals surface area contributed by atoms with E-state index >= 15 is 0 Å². The number of rotatable bonds is 4. The second-order valence-corrected chi connectivity index (χ2v) is 5.99. The molecule has 0 fully saturated rings. The molecule has 0 radical (unpaired) electrons. The van der Waals surface area contributed by atoms with Crippen molar-refractivity contribution < 1.29 is 27.5 Å². The third kappa shape index (κ3) is 3.68. The van der Waals surface area contributed by atoms with Crippen molar-refractivity contribution in [3.8, 4) is 11.3 Å². The number of hydrogen-bond donors (Lipinski definition) is 1. The van der Waals surface area contributed by atoms with Gasteiger partial charge in [-0.2, -0.15) is 18.3 Å². The van der Waals surface area contributed by atoms with E-state index in [2.05, 4.69) is 10.1 Å². The van der Waals surface area contributed by atoms with E-state index in [-0.39, 0.29) is 23.4 Å². The number of carbonyl (C=O) groups is 1. The molecule has 2 heterocycles. The lowest BCUT2D eigenvalue weighted by atomic mass is 10.1. The Morgan fingerprint density at radius 2 is 2.08 bits per heavy atom. The van der Waals surface area contributed by atoms with Crippen LogP contribution < -0.4 is 0 Å². The molecule has 1 N–H and O–H groups in total. The monoisotopic (exact) mass is 371 g/mol. The lowest BCUT2D eigenvalue weighted by Gasteiger charge is -2.08. The lowest BCUT2D eigenvalue weighted by Crippen LogP contribution is -2.05. The number of aromatic nitrogens is 3. The van der Waals surface area contributed by atoms with Crippen LogP contribution >= 0.6 is 11.3 Å². The highest BCUT2D eigenvalue weighted by Crippen LogP contribution is 2.34. The molecule has 0 aliphatic rings. The number of aromatic carboxylic acids is 1. The van der Waals surface area contributed by atoms with Crippen LogP contribution in [0.5, 0.6) is 0 Å². The maximum absolute atomic E-state index is 13.9. The van der Waals surface area contributed by atoms with E-state index in [1.54, 1.807) is 0 Å². The van der Waals surface area contributed by atoms with E-state index in [0.717, 1.165) is 17.4 Å². The zero-order valence-corrected chi connectivity index (χ0v) is 13.1. The van der Waals surface area contributed by atoms with Crippen LogP contribution in [0.1, 0.15) is 20.9 Å². The van der Waals surface area contributed by atoms with Gasteiger partial charge in [0.1, 0.15) is 10.8 Å². The fourth-order valence-electron chi connectivity index (χ4n) is 2.10. The smallest absolute Gasteiger partial charge is 0.416 e. The highest BCUT2D eigenvalue weighted by Gasteiger charge is 2.31. The minimum atomic E-state index is -4.58. The summed E-state index contributed by atoms with van der Waals surface area (Å²) in [6, 6.07) is 2.14. The quantitative estimate of drug-likeness (QED) is 0.706. The molecule has 1 aromatic carbocycles. The van der Waals surface area contributed by atoms with Crippen molar-refractivity contribution in [2.75, 3.05) is 0 Å². The van der Waals surface area contributed by atoms with E-state index in [0.29, 0.717) is 17.1 Å². The van der Waals surface area contributed by atoms with Crippen LogP contribution in [0.25, 0.3) is 11.3 Å². The zero-order valence-electron chi connectivity index (χ0n) is 12.3. The SMILES string of the molecule is O=C(O)c1cnn(Cc2nc(-c3cc(C(F)(F)F)ccc3F)cs2)c1. The molecule has 10 heteroatoms. The van der Waals surface area contributed by atoms with Crippen molar-refractivity contribution in [1.29, 1.82) is 0 Å². The van der Waals surface area contributed by atoms with Crippen LogP contribution in [0, 0.1) is 5.82 Å². The van der Waals surface area contributed by atoms with Crippen LogP contribution in [0.2, 0.25) is 0 Å². The number of benzene rings is 1. The topological polar surface area (TPSA) is 68.0 Å². The summed E-state index contributed by atoms with van der Waals surface area (Å²) in [7, 11) is 0. The van der Waals surface area contributed by atoms with Crippen LogP contribution in [0.4, 0.5) is 17.6 Å². The van der Waals surface area contributed by atoms with E-state index < -0.39 is 23.5 Å². The van der Waals surface area contributed by atoms with Gasteiger partial charge in [0.05, 0.1) is 29.6 Å². The van der Waals surface area contributed by atoms with Crippen molar-refractivity contribution in [2.45, 2.75) is 12.7 Å². The number of alkyl halides is 3. The Bertz CT molecular complexity index is 933. The Balaban J connectivity index is 1.87. The second-order valence-electron chi connectivity index (χ2n) is 5.05. The summed E-state index contributed by atoms with van der Waals surface area (Å²) in [4.78, 5) is 14.9. The Labute approximate surface area is 142 Å². The highest BCUT2D eigenvalue weighted by atomic mass is 32.1. The van der Waals surface area contributed by atoms with Gasteiger partial charge in [0.25, 0.3) is 0 Å². The van der Waals surface area contributed by atoms with E-state index in [9.17, 15) is 22.4 Å². The number of carboxylic acid groups (broad SMARTS) is 1. The molecule has 0 saturated carbocycles.